The van der Waals surface area contributed by atoms with E-state index in [9.17, 15) is 0 Å². The minimum Gasteiger partial charge on any atom is -0.377 e. The van der Waals surface area contributed by atoms with Crippen LogP contribution in [0.4, 0.5) is 0 Å². The van der Waals surface area contributed by atoms with Gasteiger partial charge < -0.3 is 20.3 Å². The molecule has 182 valence electrons. The van der Waals surface area contributed by atoms with Gasteiger partial charge in [0.05, 0.1) is 12.7 Å². The Balaban J connectivity index is 0.00000341. The molecule has 0 radical (unpaired) electrons. The number of thioether (sulfide) groups is 1. The second kappa shape index (κ2) is 14.5. The highest BCUT2D eigenvalue weighted by atomic mass is 127. The van der Waals surface area contributed by atoms with E-state index in [2.05, 4.69) is 51.0 Å². The highest BCUT2D eigenvalue weighted by Gasteiger charge is 2.38. The topological polar surface area (TPSA) is 52.1 Å². The van der Waals surface area contributed by atoms with Gasteiger partial charge in [0.1, 0.15) is 0 Å². The van der Waals surface area contributed by atoms with Crippen molar-refractivity contribution >= 4 is 41.7 Å². The monoisotopic (exact) mass is 567 g/mol. The highest BCUT2D eigenvalue weighted by molar-refractivity contribution is 14.0. The third kappa shape index (κ3) is 8.83. The van der Waals surface area contributed by atoms with E-state index in [4.69, 9.17) is 4.74 Å². The lowest BCUT2D eigenvalue weighted by atomic mass is 9.80. The van der Waals surface area contributed by atoms with Crippen LogP contribution in [-0.4, -0.2) is 97.9 Å². The fourth-order valence-corrected chi connectivity index (χ4v) is 6.11. The standard InChI is InChI=1S/C23H45N5OS.HI/c1-20(2)29-16-13-27-11-7-21(8-12-27)26-22(24-3)25-19-23(9-5-4-6-10-23)28-14-17-30-18-15-28;/h20-21H,4-19H2,1-3H3,(H2,24,25,26);1H. The normalized spacial score (nSPS) is 24.1. The molecule has 2 aliphatic heterocycles. The molecule has 31 heavy (non-hydrogen) atoms. The van der Waals surface area contributed by atoms with Gasteiger partial charge in [-0.25, -0.2) is 0 Å². The molecule has 3 fully saturated rings. The number of ether oxygens (including phenoxy) is 1. The van der Waals surface area contributed by atoms with Gasteiger partial charge in [0.25, 0.3) is 0 Å². The van der Waals surface area contributed by atoms with Gasteiger partial charge >= 0.3 is 0 Å². The van der Waals surface area contributed by atoms with Crippen molar-refractivity contribution in [3.05, 3.63) is 0 Å². The Bertz CT molecular complexity index is 516. The van der Waals surface area contributed by atoms with Crippen LogP contribution in [0.3, 0.4) is 0 Å². The van der Waals surface area contributed by atoms with Gasteiger partial charge in [0, 0.05) is 69.4 Å². The van der Waals surface area contributed by atoms with Crippen LogP contribution in [0.1, 0.15) is 58.8 Å². The number of rotatable bonds is 8. The molecule has 2 saturated heterocycles. The zero-order chi connectivity index (χ0) is 21.2. The summed E-state index contributed by atoms with van der Waals surface area (Å²) in [5.74, 6) is 3.57. The molecule has 1 aliphatic carbocycles. The number of nitrogens with zero attached hydrogens (tertiary/aromatic N) is 3. The van der Waals surface area contributed by atoms with Crippen molar-refractivity contribution < 1.29 is 4.74 Å². The number of likely N-dealkylation sites (tertiary alicyclic amines) is 1. The Hall–Kier alpha value is 0.230. The quantitative estimate of drug-likeness (QED) is 0.267. The van der Waals surface area contributed by atoms with E-state index in [-0.39, 0.29) is 24.0 Å². The first-order valence-corrected chi connectivity index (χ1v) is 13.4. The number of nitrogens with one attached hydrogen (secondary N) is 2. The van der Waals surface area contributed by atoms with E-state index in [0.29, 0.717) is 17.7 Å². The van der Waals surface area contributed by atoms with Crippen LogP contribution >= 0.6 is 35.7 Å². The fraction of sp³-hybridized carbons (Fsp3) is 0.957. The molecule has 3 aliphatic rings. The molecule has 0 spiro atoms. The van der Waals surface area contributed by atoms with Gasteiger partial charge in [0.15, 0.2) is 5.96 Å². The van der Waals surface area contributed by atoms with Crippen molar-refractivity contribution in [2.45, 2.75) is 76.5 Å². The summed E-state index contributed by atoms with van der Waals surface area (Å²) < 4.78 is 5.71. The third-order valence-corrected chi connectivity index (χ3v) is 8.00. The Kier molecular flexibility index (Phi) is 12.8. The predicted octanol–water partition coefficient (Wildman–Crippen LogP) is 3.41. The maximum Gasteiger partial charge on any atom is 0.191 e. The van der Waals surface area contributed by atoms with Crippen LogP contribution in [-0.2, 0) is 4.74 Å². The minimum atomic E-state index is 0. The fourth-order valence-electron chi connectivity index (χ4n) is 5.21. The highest BCUT2D eigenvalue weighted by Crippen LogP contribution is 2.34. The summed E-state index contributed by atoms with van der Waals surface area (Å²) >= 11 is 2.11. The first-order chi connectivity index (χ1) is 14.6. The van der Waals surface area contributed by atoms with Gasteiger partial charge in [-0.1, -0.05) is 19.3 Å². The average Bonchev–Trinajstić information content (AvgIpc) is 2.78. The van der Waals surface area contributed by atoms with E-state index in [1.54, 1.807) is 0 Å². The van der Waals surface area contributed by atoms with E-state index in [0.717, 1.165) is 38.7 Å². The molecular weight excluding hydrogens is 521 g/mol. The number of aliphatic imine (C=N–C) groups is 1. The minimum absolute atomic E-state index is 0. The van der Waals surface area contributed by atoms with Crippen molar-refractivity contribution in [2.24, 2.45) is 4.99 Å². The number of hydrogen-bond acceptors (Lipinski definition) is 5. The molecule has 8 heteroatoms. The summed E-state index contributed by atoms with van der Waals surface area (Å²) in [5, 5.41) is 7.46. The van der Waals surface area contributed by atoms with Crippen LogP contribution in [0.15, 0.2) is 4.99 Å². The van der Waals surface area contributed by atoms with Gasteiger partial charge in [-0.15, -0.1) is 24.0 Å². The molecule has 0 amide bonds. The molecule has 6 nitrogen and oxygen atoms in total. The zero-order valence-corrected chi connectivity index (χ0v) is 23.2. The lowest BCUT2D eigenvalue weighted by molar-refractivity contribution is 0.0531. The SMILES string of the molecule is CN=C(NCC1(N2CCSCC2)CCCCC1)NC1CCN(CCOC(C)C)CC1.I. The first-order valence-electron chi connectivity index (χ1n) is 12.3. The summed E-state index contributed by atoms with van der Waals surface area (Å²) in [5.41, 5.74) is 0.330. The van der Waals surface area contributed by atoms with Crippen LogP contribution in [0.25, 0.3) is 0 Å². The second-order valence-electron chi connectivity index (χ2n) is 9.49. The van der Waals surface area contributed by atoms with Crippen LogP contribution in [0.2, 0.25) is 0 Å². The van der Waals surface area contributed by atoms with Crippen molar-refractivity contribution in [3.63, 3.8) is 0 Å². The molecule has 0 bridgehead atoms. The van der Waals surface area contributed by atoms with E-state index < -0.39 is 0 Å². The number of hydrogen-bond donors (Lipinski definition) is 2. The molecule has 0 unspecified atom stereocenters. The van der Waals surface area contributed by atoms with Crippen molar-refractivity contribution in [1.29, 1.82) is 0 Å². The summed E-state index contributed by atoms with van der Waals surface area (Å²) in [6.45, 7) is 11.9. The van der Waals surface area contributed by atoms with Gasteiger partial charge in [-0.3, -0.25) is 9.89 Å². The molecule has 0 aromatic carbocycles. The van der Waals surface area contributed by atoms with E-state index in [1.807, 2.05) is 7.05 Å². The second-order valence-corrected chi connectivity index (χ2v) is 10.7. The van der Waals surface area contributed by atoms with Crippen molar-refractivity contribution in [3.8, 4) is 0 Å². The largest absolute Gasteiger partial charge is 0.377 e. The van der Waals surface area contributed by atoms with Crippen molar-refractivity contribution in [2.75, 3.05) is 64.4 Å². The van der Waals surface area contributed by atoms with Crippen LogP contribution < -0.4 is 10.6 Å². The molecule has 2 N–H and O–H groups in total. The summed E-state index contributed by atoms with van der Waals surface area (Å²) in [7, 11) is 1.92. The summed E-state index contributed by atoms with van der Waals surface area (Å²) in [6.07, 6.45) is 9.49. The zero-order valence-electron chi connectivity index (χ0n) is 20.0. The maximum atomic E-state index is 5.71. The van der Waals surface area contributed by atoms with Crippen LogP contribution in [0, 0.1) is 0 Å². The van der Waals surface area contributed by atoms with E-state index in [1.165, 1.54) is 69.5 Å². The third-order valence-electron chi connectivity index (χ3n) is 7.06. The first kappa shape index (κ1) is 27.5. The Morgan fingerprint density at radius 2 is 1.77 bits per heavy atom. The molecular formula is C23H46IN5OS. The van der Waals surface area contributed by atoms with Gasteiger partial charge in [-0.2, -0.15) is 11.8 Å². The molecule has 0 aromatic heterocycles. The number of piperidine rings is 1. The average molecular weight is 568 g/mol. The molecule has 0 aromatic rings. The predicted molar refractivity (Wildman–Crippen MR) is 145 cm³/mol. The van der Waals surface area contributed by atoms with Crippen LogP contribution in [0.5, 0.6) is 0 Å². The number of halogens is 1. The Labute approximate surface area is 212 Å². The lowest BCUT2D eigenvalue weighted by Gasteiger charge is -2.48. The molecule has 0 atom stereocenters. The molecule has 3 rings (SSSR count). The smallest absolute Gasteiger partial charge is 0.191 e. The Morgan fingerprint density at radius 1 is 1.10 bits per heavy atom. The maximum absolute atomic E-state index is 5.71. The molecule has 1 saturated carbocycles. The van der Waals surface area contributed by atoms with E-state index >= 15 is 0 Å². The molecule has 2 heterocycles. The Morgan fingerprint density at radius 3 is 2.39 bits per heavy atom. The van der Waals surface area contributed by atoms with Gasteiger partial charge in [-0.05, 0) is 39.5 Å². The lowest BCUT2D eigenvalue weighted by Crippen LogP contribution is -2.60. The summed E-state index contributed by atoms with van der Waals surface area (Å²) in [4.78, 5) is 9.89. The van der Waals surface area contributed by atoms with Crippen molar-refractivity contribution in [1.82, 2.24) is 20.4 Å². The number of guanidine groups is 1. The summed E-state index contributed by atoms with van der Waals surface area (Å²) in [6, 6.07) is 0.521. The van der Waals surface area contributed by atoms with Gasteiger partial charge in [0.2, 0.25) is 0 Å².